The molecule has 3 heterocycles. The van der Waals surface area contributed by atoms with Crippen molar-refractivity contribution in [3.05, 3.63) is 24.2 Å². The Kier molecular flexibility index (Phi) is 4.30. The van der Waals surface area contributed by atoms with E-state index in [1.54, 1.807) is 6.26 Å². The van der Waals surface area contributed by atoms with Crippen LogP contribution in [0.15, 0.2) is 22.8 Å². The van der Waals surface area contributed by atoms with Gasteiger partial charge in [-0.3, -0.25) is 4.79 Å². The molecule has 2 saturated heterocycles. The fourth-order valence-electron chi connectivity index (χ4n) is 3.59. The second-order valence-electron chi connectivity index (χ2n) is 6.72. The predicted molar refractivity (Wildman–Crippen MR) is 82.9 cm³/mol. The van der Waals surface area contributed by atoms with E-state index in [4.69, 9.17) is 4.42 Å². The Bertz CT molecular complexity index is 623. The number of carbonyl (C=O) groups excluding carboxylic acids is 1. The van der Waals surface area contributed by atoms with Crippen molar-refractivity contribution in [2.45, 2.75) is 38.6 Å². The van der Waals surface area contributed by atoms with E-state index in [0.717, 1.165) is 25.1 Å². The molecule has 2 aliphatic rings. The molecule has 0 spiro atoms. The van der Waals surface area contributed by atoms with E-state index in [1.165, 1.54) is 0 Å². The number of carbonyl (C=O) groups is 1. The number of sulfone groups is 1. The van der Waals surface area contributed by atoms with Gasteiger partial charge < -0.3 is 9.32 Å². The second-order valence-corrected chi connectivity index (χ2v) is 8.95. The molecular weight excluding hydrogens is 302 g/mol. The monoisotopic (exact) mass is 325 g/mol. The third-order valence-electron chi connectivity index (χ3n) is 4.85. The van der Waals surface area contributed by atoms with Crippen molar-refractivity contribution in [3.8, 4) is 0 Å². The molecule has 3 atom stereocenters. The number of likely N-dealkylation sites (tertiary alicyclic amines) is 1. The second kappa shape index (κ2) is 6.07. The van der Waals surface area contributed by atoms with E-state index >= 15 is 0 Å². The van der Waals surface area contributed by atoms with Crippen LogP contribution in [-0.4, -0.2) is 37.3 Å². The minimum Gasteiger partial charge on any atom is -0.467 e. The van der Waals surface area contributed by atoms with Crippen molar-refractivity contribution >= 4 is 15.7 Å². The highest BCUT2D eigenvalue weighted by Gasteiger charge is 2.35. The van der Waals surface area contributed by atoms with E-state index in [2.05, 4.69) is 6.92 Å². The van der Waals surface area contributed by atoms with Gasteiger partial charge in [0.05, 0.1) is 23.8 Å². The van der Waals surface area contributed by atoms with Gasteiger partial charge in [-0.1, -0.05) is 6.92 Å². The summed E-state index contributed by atoms with van der Waals surface area (Å²) in [5.74, 6) is 1.83. The number of furan rings is 1. The lowest BCUT2D eigenvalue weighted by Gasteiger charge is -2.38. The maximum Gasteiger partial charge on any atom is 0.223 e. The normalized spacial score (nSPS) is 31.3. The quantitative estimate of drug-likeness (QED) is 0.856. The topological polar surface area (TPSA) is 67.6 Å². The summed E-state index contributed by atoms with van der Waals surface area (Å²) in [6.07, 6.45) is 4.49. The molecule has 0 bridgehead atoms. The summed E-state index contributed by atoms with van der Waals surface area (Å²) in [5, 5.41) is 0. The zero-order chi connectivity index (χ0) is 15.7. The van der Waals surface area contributed by atoms with Crippen molar-refractivity contribution in [3.63, 3.8) is 0 Å². The van der Waals surface area contributed by atoms with Gasteiger partial charge >= 0.3 is 0 Å². The van der Waals surface area contributed by atoms with E-state index < -0.39 is 9.84 Å². The third-order valence-corrected chi connectivity index (χ3v) is 6.68. The lowest BCUT2D eigenvalue weighted by atomic mass is 9.90. The first-order valence-corrected chi connectivity index (χ1v) is 9.80. The van der Waals surface area contributed by atoms with Crippen LogP contribution in [0.2, 0.25) is 0 Å². The number of rotatable bonds is 3. The van der Waals surface area contributed by atoms with Gasteiger partial charge in [0.1, 0.15) is 5.76 Å². The molecule has 1 aromatic rings. The number of hydrogen-bond donors (Lipinski definition) is 0. The Hall–Kier alpha value is -1.30. The third kappa shape index (κ3) is 3.37. The van der Waals surface area contributed by atoms with Crippen molar-refractivity contribution in [1.29, 1.82) is 0 Å². The first kappa shape index (κ1) is 15.6. The van der Waals surface area contributed by atoms with Gasteiger partial charge in [-0.25, -0.2) is 8.42 Å². The summed E-state index contributed by atoms with van der Waals surface area (Å²) in [5.41, 5.74) is 0. The van der Waals surface area contributed by atoms with Crippen molar-refractivity contribution in [2.75, 3.05) is 18.1 Å². The molecule has 6 heteroatoms. The van der Waals surface area contributed by atoms with Crippen LogP contribution in [0, 0.1) is 11.8 Å². The largest absolute Gasteiger partial charge is 0.467 e. The number of amides is 1. The lowest BCUT2D eigenvalue weighted by molar-refractivity contribution is -0.137. The summed E-state index contributed by atoms with van der Waals surface area (Å²) in [7, 11) is -2.93. The molecule has 2 fully saturated rings. The Morgan fingerprint density at radius 3 is 2.86 bits per heavy atom. The zero-order valence-corrected chi connectivity index (χ0v) is 13.7. The van der Waals surface area contributed by atoms with Gasteiger partial charge in [0, 0.05) is 13.0 Å². The van der Waals surface area contributed by atoms with Crippen LogP contribution in [0.4, 0.5) is 0 Å². The van der Waals surface area contributed by atoms with Gasteiger partial charge in [-0.2, -0.15) is 0 Å². The van der Waals surface area contributed by atoms with Gasteiger partial charge in [0.15, 0.2) is 9.84 Å². The van der Waals surface area contributed by atoms with Gasteiger partial charge in [-0.05, 0) is 43.2 Å². The molecule has 5 nitrogen and oxygen atoms in total. The van der Waals surface area contributed by atoms with Crippen molar-refractivity contribution in [1.82, 2.24) is 4.90 Å². The standard InChI is InChI=1S/C16H23NO4S/c1-12-4-6-17(14(9-12)15-3-2-7-21-15)16(18)10-13-5-8-22(19,20)11-13/h2-3,7,12-14H,4-6,8-11H2,1H3/t12-,13+,14-/m1/s1. The molecule has 0 aliphatic carbocycles. The SMILES string of the molecule is C[C@@H]1CCN(C(=O)C[C@@H]2CCS(=O)(=O)C2)[C@@H](c2ccco2)C1. The maximum atomic E-state index is 12.7. The Morgan fingerprint density at radius 1 is 1.41 bits per heavy atom. The van der Waals surface area contributed by atoms with Crippen LogP contribution in [0.3, 0.4) is 0 Å². The number of piperidine rings is 1. The van der Waals surface area contributed by atoms with Crippen LogP contribution in [0.5, 0.6) is 0 Å². The zero-order valence-electron chi connectivity index (χ0n) is 12.9. The lowest BCUT2D eigenvalue weighted by Crippen LogP contribution is -2.41. The summed E-state index contributed by atoms with van der Waals surface area (Å²) < 4.78 is 28.6. The van der Waals surface area contributed by atoms with Crippen LogP contribution >= 0.6 is 0 Å². The highest BCUT2D eigenvalue weighted by atomic mass is 32.2. The molecule has 22 heavy (non-hydrogen) atoms. The van der Waals surface area contributed by atoms with Crippen molar-refractivity contribution in [2.24, 2.45) is 11.8 Å². The summed E-state index contributed by atoms with van der Waals surface area (Å²) in [4.78, 5) is 14.6. The molecule has 122 valence electrons. The van der Waals surface area contributed by atoms with Gasteiger partial charge in [0.25, 0.3) is 0 Å². The number of nitrogens with zero attached hydrogens (tertiary/aromatic N) is 1. The molecule has 0 aromatic carbocycles. The van der Waals surface area contributed by atoms with E-state index in [9.17, 15) is 13.2 Å². The smallest absolute Gasteiger partial charge is 0.223 e. The average molecular weight is 325 g/mol. The first-order valence-electron chi connectivity index (χ1n) is 7.98. The summed E-state index contributed by atoms with van der Waals surface area (Å²) in [6.45, 7) is 2.92. The average Bonchev–Trinajstić information content (AvgIpc) is 3.08. The fraction of sp³-hybridized carbons (Fsp3) is 0.688. The van der Waals surface area contributed by atoms with Crippen LogP contribution in [0.25, 0.3) is 0 Å². The van der Waals surface area contributed by atoms with E-state index in [1.807, 2.05) is 17.0 Å². The fourth-order valence-corrected chi connectivity index (χ4v) is 5.45. The molecule has 2 aliphatic heterocycles. The molecule has 1 aromatic heterocycles. The molecule has 0 radical (unpaired) electrons. The Morgan fingerprint density at radius 2 is 2.23 bits per heavy atom. The minimum absolute atomic E-state index is 0.00994. The molecule has 3 rings (SSSR count). The molecule has 0 N–H and O–H groups in total. The van der Waals surface area contributed by atoms with Crippen LogP contribution in [0.1, 0.15) is 44.4 Å². The highest BCUT2D eigenvalue weighted by Crippen LogP contribution is 2.35. The minimum atomic E-state index is -2.93. The Balaban J connectivity index is 1.70. The van der Waals surface area contributed by atoms with E-state index in [0.29, 0.717) is 18.8 Å². The van der Waals surface area contributed by atoms with Crippen LogP contribution < -0.4 is 0 Å². The van der Waals surface area contributed by atoms with Gasteiger partial charge in [-0.15, -0.1) is 0 Å². The Labute approximate surface area is 131 Å². The summed E-state index contributed by atoms with van der Waals surface area (Å²) >= 11 is 0. The maximum absolute atomic E-state index is 12.7. The first-order chi connectivity index (χ1) is 10.4. The molecular formula is C16H23NO4S. The molecule has 1 amide bonds. The summed E-state index contributed by atoms with van der Waals surface area (Å²) in [6, 6.07) is 3.76. The van der Waals surface area contributed by atoms with E-state index in [-0.39, 0.29) is 29.4 Å². The molecule has 0 saturated carbocycles. The molecule has 0 unspecified atom stereocenters. The highest BCUT2D eigenvalue weighted by molar-refractivity contribution is 7.91. The van der Waals surface area contributed by atoms with Crippen molar-refractivity contribution < 1.29 is 17.6 Å². The number of hydrogen-bond acceptors (Lipinski definition) is 4. The predicted octanol–water partition coefficient (Wildman–Crippen LogP) is 2.40. The van der Waals surface area contributed by atoms with Crippen LogP contribution in [-0.2, 0) is 14.6 Å². The van der Waals surface area contributed by atoms with Gasteiger partial charge in [0.2, 0.25) is 5.91 Å².